The number of hydrogen-bond acceptors (Lipinski definition) is 14. The van der Waals surface area contributed by atoms with Gasteiger partial charge >= 0.3 is 11.9 Å². The number of carboxylic acids is 2. The third kappa shape index (κ3) is 24.7. The number of aliphatic hydroxyl groups excluding tert-OH is 1. The number of benzene rings is 2. The molecular formula is C47H71N15O13. The molecule has 2 aromatic carbocycles. The molecule has 0 saturated heterocycles. The molecule has 0 aliphatic heterocycles. The van der Waals surface area contributed by atoms with E-state index in [1.165, 1.54) is 0 Å². The van der Waals surface area contributed by atoms with Crippen molar-refractivity contribution in [3.8, 4) is 0 Å². The van der Waals surface area contributed by atoms with Gasteiger partial charge in [0.05, 0.1) is 19.4 Å². The van der Waals surface area contributed by atoms with Gasteiger partial charge in [0, 0.05) is 25.9 Å². The highest BCUT2D eigenvalue weighted by Crippen LogP contribution is 2.12. The van der Waals surface area contributed by atoms with E-state index in [1.54, 1.807) is 74.5 Å². The highest BCUT2D eigenvalue weighted by atomic mass is 16.4. The summed E-state index contributed by atoms with van der Waals surface area (Å²) in [7, 11) is 0. The minimum Gasteiger partial charge on any atom is -0.481 e. The standard InChI is InChI=1S/C47H71N15O13/c1-25(2)19-31(41(70)56-30(16-10-18-55-47(52)53)40(69)62-35(45(74)75)21-27-13-7-4-8-14-27)59-42(71)32(20-26-11-5-3-6-12-26)60-43(72)33(22-36(49)64)61-39(68)29(15-9-17-54-46(50)51)57-44(73)34(23-37(65)66)58-38(67)28(48)24-63/h3-8,11-14,25,28-35,63H,9-10,15-24,48H2,1-2H3,(H2,49,64)(H,56,70)(H,57,73)(H,58,67)(H,59,71)(H,60,72)(H,61,68)(H,62,69)(H,65,66)(H,74,75)(H4,50,51,54)(H4,52,53,55)/t28-,29-,30-,31-,32-,33-,34-,35-/m0/s1. The van der Waals surface area contributed by atoms with Crippen LogP contribution < -0.4 is 71.6 Å². The average molecular weight is 1050 g/mol. The normalized spacial score (nSPS) is 14.0. The first-order chi connectivity index (χ1) is 35.4. The molecule has 2 rings (SSSR count). The molecule has 0 unspecified atom stereocenters. The monoisotopic (exact) mass is 1050 g/mol. The van der Waals surface area contributed by atoms with E-state index in [0.29, 0.717) is 11.1 Å². The number of carbonyl (C=O) groups excluding carboxylic acids is 8. The van der Waals surface area contributed by atoms with Crippen LogP contribution in [-0.2, 0) is 60.8 Å². The maximum atomic E-state index is 14.4. The van der Waals surface area contributed by atoms with Gasteiger partial charge in [-0.25, -0.2) is 4.79 Å². The van der Waals surface area contributed by atoms with Gasteiger partial charge in [-0.05, 0) is 49.1 Å². The van der Waals surface area contributed by atoms with Crippen LogP contribution in [0.3, 0.4) is 0 Å². The summed E-state index contributed by atoms with van der Waals surface area (Å²) in [4.78, 5) is 141. The maximum absolute atomic E-state index is 14.4. The number of carboxylic acid groups (broad SMARTS) is 2. The van der Waals surface area contributed by atoms with Crippen LogP contribution in [0, 0.1) is 5.92 Å². The number of rotatable bonds is 34. The Morgan fingerprint density at radius 3 is 1.27 bits per heavy atom. The maximum Gasteiger partial charge on any atom is 0.326 e. The summed E-state index contributed by atoms with van der Waals surface area (Å²) >= 11 is 0. The molecule has 0 bridgehead atoms. The van der Waals surface area contributed by atoms with E-state index < -0.39 is 127 Å². The Kier molecular flexibility index (Phi) is 27.3. The first-order valence-electron chi connectivity index (χ1n) is 23.8. The molecule has 22 N–H and O–H groups in total. The molecule has 0 spiro atoms. The molecule has 8 amide bonds. The van der Waals surface area contributed by atoms with Crippen LogP contribution in [0.25, 0.3) is 0 Å². The molecule has 2 aromatic rings. The van der Waals surface area contributed by atoms with Gasteiger partial charge in [0.1, 0.15) is 48.3 Å². The van der Waals surface area contributed by atoms with E-state index in [2.05, 4.69) is 47.2 Å². The van der Waals surface area contributed by atoms with Crippen LogP contribution in [0.2, 0.25) is 0 Å². The minimum atomic E-state index is -1.83. The van der Waals surface area contributed by atoms with Gasteiger partial charge in [-0.1, -0.05) is 74.5 Å². The summed E-state index contributed by atoms with van der Waals surface area (Å²) in [5.74, 6) is -12.0. The Hall–Kier alpha value is -8.40. The quantitative estimate of drug-likeness (QED) is 0.0177. The number of guanidine groups is 2. The number of nitrogens with one attached hydrogen (secondary N) is 7. The second kappa shape index (κ2) is 32.6. The number of aliphatic imine (C=N–C) groups is 2. The van der Waals surface area contributed by atoms with Crippen LogP contribution in [0.1, 0.15) is 69.9 Å². The lowest BCUT2D eigenvalue weighted by Crippen LogP contribution is -2.61. The fourth-order valence-corrected chi connectivity index (χ4v) is 7.15. The zero-order valence-electron chi connectivity index (χ0n) is 41.7. The Bertz CT molecular complexity index is 2310. The van der Waals surface area contributed by atoms with E-state index in [0.717, 1.165) is 0 Å². The Labute approximate surface area is 432 Å². The van der Waals surface area contributed by atoms with E-state index in [1.807, 2.05) is 0 Å². The number of hydrogen-bond donors (Lipinski definition) is 16. The van der Waals surface area contributed by atoms with Crippen molar-refractivity contribution in [1.82, 2.24) is 37.2 Å². The number of primary amides is 1. The molecule has 28 nitrogen and oxygen atoms in total. The fourth-order valence-electron chi connectivity index (χ4n) is 7.15. The molecule has 0 aromatic heterocycles. The number of nitrogens with two attached hydrogens (primary N) is 6. The Balaban J connectivity index is 2.51. The topological polar surface area (TPSA) is 496 Å². The first-order valence-corrected chi connectivity index (χ1v) is 23.8. The van der Waals surface area contributed by atoms with Crippen molar-refractivity contribution < 1.29 is 63.3 Å². The van der Waals surface area contributed by atoms with Crippen LogP contribution in [0.15, 0.2) is 70.6 Å². The van der Waals surface area contributed by atoms with Crippen molar-refractivity contribution in [1.29, 1.82) is 0 Å². The van der Waals surface area contributed by atoms with Gasteiger partial charge in [0.15, 0.2) is 11.9 Å². The molecular weight excluding hydrogens is 983 g/mol. The third-order valence-electron chi connectivity index (χ3n) is 10.9. The summed E-state index contributed by atoms with van der Waals surface area (Å²) in [6.07, 6.45) is -2.37. The largest absolute Gasteiger partial charge is 0.481 e. The van der Waals surface area contributed by atoms with Crippen LogP contribution in [0.4, 0.5) is 0 Å². The first kappa shape index (κ1) is 62.7. The smallest absolute Gasteiger partial charge is 0.326 e. The lowest BCUT2D eigenvalue weighted by atomic mass is 9.99. The van der Waals surface area contributed by atoms with Gasteiger partial charge in [0.25, 0.3) is 0 Å². The van der Waals surface area contributed by atoms with Gasteiger partial charge in [-0.15, -0.1) is 0 Å². The van der Waals surface area contributed by atoms with Crippen molar-refractivity contribution in [2.75, 3.05) is 19.7 Å². The second-order valence-corrected chi connectivity index (χ2v) is 17.7. The number of aliphatic carboxylic acids is 2. The van der Waals surface area contributed by atoms with Crippen LogP contribution in [0.5, 0.6) is 0 Å². The molecule has 0 saturated carbocycles. The average Bonchev–Trinajstić information content (AvgIpc) is 3.34. The molecule has 8 atom stereocenters. The van der Waals surface area contributed by atoms with Crippen molar-refractivity contribution in [2.45, 2.75) is 120 Å². The highest BCUT2D eigenvalue weighted by Gasteiger charge is 2.35. The summed E-state index contributed by atoms with van der Waals surface area (Å²) in [5, 5.41) is 45.8. The SMILES string of the molecule is CC(C)C[C@H](NC(=O)[C@H](Cc1ccccc1)NC(=O)[C@H](CC(N)=O)NC(=O)[C@H](CCCN=C(N)N)NC(=O)[C@H](CC(=O)O)NC(=O)[C@@H](N)CO)C(=O)N[C@@H](CCCN=C(N)N)C(=O)N[C@@H](Cc1ccccc1)C(=O)O. The van der Waals surface area contributed by atoms with E-state index in [9.17, 15) is 63.3 Å². The molecule has 0 heterocycles. The van der Waals surface area contributed by atoms with Crippen molar-refractivity contribution >= 4 is 71.1 Å². The number of amides is 8. The molecule has 0 fully saturated rings. The zero-order valence-corrected chi connectivity index (χ0v) is 41.7. The van der Waals surface area contributed by atoms with E-state index in [4.69, 9.17) is 34.4 Å². The molecule has 28 heteroatoms. The summed E-state index contributed by atoms with van der Waals surface area (Å²) in [5.41, 5.74) is 33.9. The van der Waals surface area contributed by atoms with Crippen molar-refractivity contribution in [2.24, 2.45) is 50.3 Å². The fraction of sp³-hybridized carbons (Fsp3) is 0.489. The van der Waals surface area contributed by atoms with E-state index >= 15 is 0 Å². The molecule has 412 valence electrons. The van der Waals surface area contributed by atoms with Gasteiger partial charge in [-0.3, -0.25) is 53.1 Å². The second-order valence-electron chi connectivity index (χ2n) is 17.7. The molecule has 0 aliphatic carbocycles. The molecule has 0 aliphatic rings. The lowest BCUT2D eigenvalue weighted by molar-refractivity contribution is -0.142. The number of aliphatic hydroxyl groups is 1. The summed E-state index contributed by atoms with van der Waals surface area (Å²) in [6.45, 7) is 2.61. The van der Waals surface area contributed by atoms with Gasteiger partial charge in [0.2, 0.25) is 47.3 Å². The predicted molar refractivity (Wildman–Crippen MR) is 272 cm³/mol. The minimum absolute atomic E-state index is 0.000765. The number of nitrogens with zero attached hydrogens (tertiary/aromatic N) is 2. The number of carbonyl (C=O) groups is 10. The zero-order chi connectivity index (χ0) is 56.2. The predicted octanol–water partition coefficient (Wildman–Crippen LogP) is -5.23. The summed E-state index contributed by atoms with van der Waals surface area (Å²) in [6, 6.07) is 4.28. The van der Waals surface area contributed by atoms with Crippen LogP contribution >= 0.6 is 0 Å². The Morgan fingerprint density at radius 1 is 0.493 bits per heavy atom. The van der Waals surface area contributed by atoms with Gasteiger partial charge in [-0.2, -0.15) is 0 Å². The van der Waals surface area contributed by atoms with Crippen molar-refractivity contribution in [3.63, 3.8) is 0 Å². The molecule has 75 heavy (non-hydrogen) atoms. The van der Waals surface area contributed by atoms with Crippen LogP contribution in [-0.4, -0.2) is 154 Å². The third-order valence-corrected chi connectivity index (χ3v) is 10.9. The summed E-state index contributed by atoms with van der Waals surface area (Å²) < 4.78 is 0. The van der Waals surface area contributed by atoms with Crippen molar-refractivity contribution in [3.05, 3.63) is 71.8 Å². The van der Waals surface area contributed by atoms with Gasteiger partial charge < -0.3 is 86.9 Å². The molecule has 0 radical (unpaired) electrons. The van der Waals surface area contributed by atoms with E-state index in [-0.39, 0.29) is 75.9 Å². The highest BCUT2D eigenvalue weighted by molar-refractivity contribution is 5.99. The lowest BCUT2D eigenvalue weighted by Gasteiger charge is -2.28. The Morgan fingerprint density at radius 2 is 0.853 bits per heavy atom.